The Morgan fingerprint density at radius 3 is 1.06 bits per heavy atom. The van der Waals surface area contributed by atoms with Gasteiger partial charge in [-0.1, -0.05) is 206 Å². The molecule has 90 heavy (non-hydrogen) atoms. The zero-order valence-corrected chi connectivity index (χ0v) is 49.8. The van der Waals surface area contributed by atoms with E-state index in [4.69, 9.17) is 0 Å². The van der Waals surface area contributed by atoms with Gasteiger partial charge in [0.25, 0.3) is 0 Å². The summed E-state index contributed by atoms with van der Waals surface area (Å²) in [5.41, 5.74) is 18.8. The lowest BCUT2D eigenvalue weighted by Crippen LogP contribution is -2.30. The smallest absolute Gasteiger partial charge is 0.182 e. The summed E-state index contributed by atoms with van der Waals surface area (Å²) in [5, 5.41) is 0. The number of anilines is 6. The van der Waals surface area contributed by atoms with Gasteiger partial charge < -0.3 is 9.80 Å². The van der Waals surface area contributed by atoms with E-state index in [2.05, 4.69) is 126 Å². The van der Waals surface area contributed by atoms with E-state index in [0.29, 0.717) is 46.0 Å². The zero-order chi connectivity index (χ0) is 62.3. The molecule has 2 unspecified atom stereocenters. The van der Waals surface area contributed by atoms with Crippen LogP contribution in [-0.4, -0.2) is 0 Å². The van der Waals surface area contributed by atoms with Crippen LogP contribution < -0.4 is 9.80 Å². The van der Waals surface area contributed by atoms with Crippen LogP contribution in [0.25, 0.3) is 45.5 Å². The number of hydrogen-bond donors (Lipinski definition) is 0. The first-order chi connectivity index (χ1) is 43.6. The molecule has 2 nitrogen and oxygen atoms in total. The largest absolute Gasteiger partial charge is 0.307 e. The normalized spacial score (nSPS) is 15.2. The first kappa shape index (κ1) is 57.1. The lowest BCUT2D eigenvalue weighted by atomic mass is 9.66. The lowest BCUT2D eigenvalue weighted by Gasteiger charge is -2.36. The summed E-state index contributed by atoms with van der Waals surface area (Å²) >= 11 is 0. The van der Waals surface area contributed by atoms with E-state index in [1.54, 1.807) is 36.4 Å². The molecule has 8 heteroatoms. The van der Waals surface area contributed by atoms with Gasteiger partial charge in [-0.25, -0.2) is 26.3 Å². The Bertz CT molecular complexity index is 4570. The molecule has 0 aromatic heterocycles. The number of fused-ring (bicyclic) bond motifs is 6. The van der Waals surface area contributed by atoms with Crippen molar-refractivity contribution in [1.29, 1.82) is 0 Å². The first-order valence-electron chi connectivity index (χ1n) is 29.8. The molecule has 2 atom stereocenters. The van der Waals surface area contributed by atoms with E-state index in [9.17, 15) is 0 Å². The standard InChI is InChI=1S/C82H58F6N2/c1-7-53-21-29-57(30-22-53)81(71-41-49(3)17-19-51(71)5)69-15-11-9-13-65(69)67-39-37-63(47-73(67)81)89(77-45-59(83)43-75(85)79(77)87)61-33-25-55(26-34-61)56-27-35-62(36-28-56)90(78-46-60(84)44-76(86)80(78)88)64-38-40-68-66-14-10-12-16-70(66)82(74(68)48-64,58-31-23-54(8-2)24-32-58)72-42-50(4)18-20-52(72)6/h7-48H,1-2H2,3-6H3. The summed E-state index contributed by atoms with van der Waals surface area (Å²) in [6.07, 6.45) is 3.61. The van der Waals surface area contributed by atoms with Crippen molar-refractivity contribution in [2.45, 2.75) is 38.5 Å². The molecule has 0 aliphatic heterocycles. The Balaban J connectivity index is 0.897. The molecule has 0 amide bonds. The van der Waals surface area contributed by atoms with Gasteiger partial charge in [-0.2, -0.15) is 0 Å². The number of benzene rings is 12. The van der Waals surface area contributed by atoms with Gasteiger partial charge in [0.2, 0.25) is 0 Å². The molecule has 0 N–H and O–H groups in total. The quantitative estimate of drug-likeness (QED) is 0.0839. The summed E-state index contributed by atoms with van der Waals surface area (Å²) in [6, 6.07) is 75.4. The zero-order valence-electron chi connectivity index (χ0n) is 49.8. The number of halogens is 6. The lowest BCUT2D eigenvalue weighted by molar-refractivity contribution is 0.496. The Hall–Kier alpha value is -10.7. The van der Waals surface area contributed by atoms with Crippen LogP contribution in [0.5, 0.6) is 0 Å². The summed E-state index contributed by atoms with van der Waals surface area (Å²) in [6.45, 7) is 16.4. The summed E-state index contributed by atoms with van der Waals surface area (Å²) in [4.78, 5) is 3.08. The summed E-state index contributed by atoms with van der Waals surface area (Å²) < 4.78 is 95.7. The Morgan fingerprint density at radius 2 is 0.678 bits per heavy atom. The third-order valence-electron chi connectivity index (χ3n) is 18.3. The SMILES string of the molecule is C=Cc1ccc(C2(c3cc(C)ccc3C)c3ccccc3-c3ccc(N(c4ccc(-c5ccc(N(c6ccc7c(c6)C(c6ccc(C=C)cc6)(c6cc(C)ccc6C)c6ccccc6-7)c6cc(F)cc(F)c6F)cc5)cc4)c4cc(F)cc(F)c4F)cc32)cc1. The van der Waals surface area contributed by atoms with Crippen LogP contribution in [0.4, 0.5) is 60.5 Å². The van der Waals surface area contributed by atoms with Crippen LogP contribution in [0.3, 0.4) is 0 Å². The second-order valence-electron chi connectivity index (χ2n) is 23.5. The number of nitrogens with zero attached hydrogens (tertiary/aromatic N) is 2. The van der Waals surface area contributed by atoms with Crippen molar-refractivity contribution in [3.63, 3.8) is 0 Å². The highest BCUT2D eigenvalue weighted by molar-refractivity contribution is 5.92. The van der Waals surface area contributed by atoms with Gasteiger partial charge in [-0.3, -0.25) is 0 Å². The maximum absolute atomic E-state index is 16.6. The van der Waals surface area contributed by atoms with Crippen LogP contribution in [0.1, 0.15) is 77.9 Å². The van der Waals surface area contributed by atoms with Gasteiger partial charge in [-0.05, 0) is 176 Å². The molecule has 0 saturated heterocycles. The van der Waals surface area contributed by atoms with Gasteiger partial charge >= 0.3 is 0 Å². The molecule has 0 bridgehead atoms. The third kappa shape index (κ3) is 9.03. The molecule has 438 valence electrons. The van der Waals surface area contributed by atoms with Crippen molar-refractivity contribution >= 4 is 46.3 Å². The molecule has 0 radical (unpaired) electrons. The van der Waals surface area contributed by atoms with Crippen molar-refractivity contribution < 1.29 is 26.3 Å². The molecular weight excluding hydrogens is 1130 g/mol. The second-order valence-corrected chi connectivity index (χ2v) is 23.5. The predicted molar refractivity (Wildman–Crippen MR) is 355 cm³/mol. The van der Waals surface area contributed by atoms with Crippen LogP contribution in [-0.2, 0) is 10.8 Å². The minimum atomic E-state index is -1.34. The van der Waals surface area contributed by atoms with Crippen molar-refractivity contribution in [3.8, 4) is 33.4 Å². The monoisotopic (exact) mass is 1180 g/mol. The maximum atomic E-state index is 16.6. The average Bonchev–Trinajstić information content (AvgIpc) is 1.52. The van der Waals surface area contributed by atoms with Gasteiger partial charge in [0.1, 0.15) is 11.6 Å². The maximum Gasteiger partial charge on any atom is 0.182 e. The fourth-order valence-corrected chi connectivity index (χ4v) is 14.2. The van der Waals surface area contributed by atoms with E-state index in [1.807, 2.05) is 109 Å². The molecule has 0 spiro atoms. The van der Waals surface area contributed by atoms with Gasteiger partial charge in [0, 0.05) is 47.0 Å². The van der Waals surface area contributed by atoms with Crippen molar-refractivity contribution in [3.05, 3.63) is 369 Å². The number of hydrogen-bond acceptors (Lipinski definition) is 2. The highest BCUT2D eigenvalue weighted by Crippen LogP contribution is 2.60. The molecule has 0 fully saturated rings. The fraction of sp³-hybridized carbons (Fsp3) is 0.0732. The van der Waals surface area contributed by atoms with Crippen molar-refractivity contribution in [2.75, 3.05) is 9.80 Å². The molecule has 12 aromatic rings. The molecule has 2 aliphatic carbocycles. The van der Waals surface area contributed by atoms with E-state index in [0.717, 1.165) is 112 Å². The van der Waals surface area contributed by atoms with Gasteiger partial charge in [0.15, 0.2) is 23.3 Å². The molecule has 12 aromatic carbocycles. The van der Waals surface area contributed by atoms with E-state index >= 15 is 26.3 Å². The molecular formula is C82H58F6N2. The third-order valence-corrected chi connectivity index (χ3v) is 18.3. The van der Waals surface area contributed by atoms with Crippen LogP contribution in [0.15, 0.2) is 256 Å². The Labute approximate surface area is 520 Å². The van der Waals surface area contributed by atoms with Crippen LogP contribution in [0, 0.1) is 62.6 Å². The predicted octanol–water partition coefficient (Wildman–Crippen LogP) is 22.4. The van der Waals surface area contributed by atoms with E-state index in [-0.39, 0.29) is 11.4 Å². The molecule has 0 heterocycles. The first-order valence-corrected chi connectivity index (χ1v) is 29.8. The summed E-state index contributed by atoms with van der Waals surface area (Å²) in [7, 11) is 0. The highest BCUT2D eigenvalue weighted by Gasteiger charge is 2.49. The van der Waals surface area contributed by atoms with Crippen molar-refractivity contribution in [1.82, 2.24) is 0 Å². The Kier molecular flexibility index (Phi) is 14.1. The molecule has 14 rings (SSSR count). The minimum Gasteiger partial charge on any atom is -0.307 e. The van der Waals surface area contributed by atoms with Gasteiger partial charge in [0.05, 0.1) is 22.2 Å². The van der Waals surface area contributed by atoms with E-state index in [1.165, 1.54) is 9.80 Å². The topological polar surface area (TPSA) is 6.48 Å². The Morgan fingerprint density at radius 1 is 0.322 bits per heavy atom. The number of rotatable bonds is 13. The van der Waals surface area contributed by atoms with Crippen molar-refractivity contribution in [2.24, 2.45) is 0 Å². The average molecular weight is 1190 g/mol. The molecule has 0 saturated carbocycles. The van der Waals surface area contributed by atoms with Gasteiger partial charge in [-0.15, -0.1) is 0 Å². The van der Waals surface area contributed by atoms with Crippen LogP contribution >= 0.6 is 0 Å². The second kappa shape index (κ2) is 22.2. The fourth-order valence-electron chi connectivity index (χ4n) is 14.2. The summed E-state index contributed by atoms with van der Waals surface area (Å²) in [5.74, 6) is -7.05. The highest BCUT2D eigenvalue weighted by atomic mass is 19.2. The van der Waals surface area contributed by atoms with Crippen LogP contribution in [0.2, 0.25) is 0 Å². The minimum absolute atomic E-state index is 0.332. The van der Waals surface area contributed by atoms with E-state index < -0.39 is 45.7 Å². The number of aryl methyl sites for hydroxylation is 4. The molecule has 2 aliphatic rings.